The van der Waals surface area contributed by atoms with E-state index >= 15 is 0 Å². The van der Waals surface area contributed by atoms with Crippen molar-refractivity contribution in [1.82, 2.24) is 15.2 Å². The van der Waals surface area contributed by atoms with Crippen LogP contribution in [0.1, 0.15) is 10.4 Å². The normalized spacial score (nSPS) is 14.9. The molecule has 0 radical (unpaired) electrons. The summed E-state index contributed by atoms with van der Waals surface area (Å²) in [5.74, 6) is -0.129. The number of aromatic nitrogens is 1. The Morgan fingerprint density at radius 3 is 2.84 bits per heavy atom. The summed E-state index contributed by atoms with van der Waals surface area (Å²) >= 11 is 5.98. The topological polar surface area (TPSA) is 66.5 Å². The number of benzene rings is 1. The summed E-state index contributed by atoms with van der Waals surface area (Å²) in [6, 6.07) is 9.17. The van der Waals surface area contributed by atoms with Crippen molar-refractivity contribution in [2.45, 2.75) is 0 Å². The Morgan fingerprint density at radius 1 is 1.20 bits per heavy atom. The molecule has 7 heteroatoms. The molecule has 0 saturated carbocycles. The number of nitrogens with one attached hydrogen (secondary N) is 2. The number of rotatable bonds is 6. The van der Waals surface area contributed by atoms with E-state index in [-0.39, 0.29) is 5.91 Å². The van der Waals surface area contributed by atoms with E-state index in [1.165, 1.54) is 0 Å². The minimum absolute atomic E-state index is 0.129. The lowest BCUT2D eigenvalue weighted by Gasteiger charge is -2.26. The van der Waals surface area contributed by atoms with Crippen LogP contribution in [0.5, 0.6) is 0 Å². The average Bonchev–Trinajstić information content (AvgIpc) is 2.63. The third kappa shape index (κ3) is 5.42. The van der Waals surface area contributed by atoms with Gasteiger partial charge in [-0.1, -0.05) is 17.7 Å². The third-order valence-corrected chi connectivity index (χ3v) is 4.17. The van der Waals surface area contributed by atoms with Gasteiger partial charge < -0.3 is 15.4 Å². The number of hydrogen-bond donors (Lipinski definition) is 2. The van der Waals surface area contributed by atoms with E-state index in [1.54, 1.807) is 18.5 Å². The molecule has 3 rings (SSSR count). The Balaban J connectivity index is 1.54. The zero-order valence-electron chi connectivity index (χ0n) is 13.9. The second-order valence-corrected chi connectivity index (χ2v) is 6.24. The van der Waals surface area contributed by atoms with Gasteiger partial charge in [-0.3, -0.25) is 14.7 Å². The van der Waals surface area contributed by atoms with Crippen LogP contribution in [-0.4, -0.2) is 55.2 Å². The fourth-order valence-corrected chi connectivity index (χ4v) is 2.81. The molecule has 6 nitrogen and oxygen atoms in total. The van der Waals surface area contributed by atoms with E-state index in [0.717, 1.165) is 44.2 Å². The maximum Gasteiger partial charge on any atom is 0.252 e. The van der Waals surface area contributed by atoms with Crippen LogP contribution < -0.4 is 10.6 Å². The van der Waals surface area contributed by atoms with E-state index in [1.807, 2.05) is 24.3 Å². The van der Waals surface area contributed by atoms with Crippen molar-refractivity contribution in [3.63, 3.8) is 0 Å². The molecule has 0 unspecified atom stereocenters. The highest BCUT2D eigenvalue weighted by Gasteiger charge is 2.11. The monoisotopic (exact) mass is 360 g/mol. The first kappa shape index (κ1) is 17.7. The lowest BCUT2D eigenvalue weighted by molar-refractivity contribution is 0.0383. The molecule has 1 aromatic carbocycles. The fourth-order valence-electron chi connectivity index (χ4n) is 2.62. The fraction of sp³-hybridized carbons (Fsp3) is 0.333. The summed E-state index contributed by atoms with van der Waals surface area (Å²) in [5, 5.41) is 6.78. The van der Waals surface area contributed by atoms with Crippen molar-refractivity contribution in [1.29, 1.82) is 0 Å². The number of amides is 1. The molecule has 1 saturated heterocycles. The van der Waals surface area contributed by atoms with E-state index in [4.69, 9.17) is 16.3 Å². The number of carbonyl (C=O) groups excluding carboxylic acids is 1. The van der Waals surface area contributed by atoms with Crippen molar-refractivity contribution in [2.75, 3.05) is 44.7 Å². The number of ether oxygens (including phenoxy) is 1. The number of anilines is 2. The molecule has 0 spiro atoms. The van der Waals surface area contributed by atoms with E-state index in [0.29, 0.717) is 17.1 Å². The van der Waals surface area contributed by atoms with Gasteiger partial charge in [0.2, 0.25) is 0 Å². The lowest BCUT2D eigenvalue weighted by Crippen LogP contribution is -2.41. The number of halogens is 1. The van der Waals surface area contributed by atoms with Gasteiger partial charge in [0.25, 0.3) is 5.91 Å². The van der Waals surface area contributed by atoms with Crippen molar-refractivity contribution >= 4 is 28.9 Å². The largest absolute Gasteiger partial charge is 0.379 e. The molecular formula is C18H21ClN4O2. The van der Waals surface area contributed by atoms with Crippen molar-refractivity contribution in [3.8, 4) is 0 Å². The summed E-state index contributed by atoms with van der Waals surface area (Å²) in [6.45, 7) is 4.77. The summed E-state index contributed by atoms with van der Waals surface area (Å²) in [4.78, 5) is 18.7. The minimum Gasteiger partial charge on any atom is -0.379 e. The molecule has 1 aliphatic heterocycles. The van der Waals surface area contributed by atoms with Crippen LogP contribution in [0.3, 0.4) is 0 Å². The van der Waals surface area contributed by atoms with Crippen LogP contribution >= 0.6 is 11.6 Å². The first-order chi connectivity index (χ1) is 12.2. The molecule has 2 heterocycles. The van der Waals surface area contributed by atoms with Gasteiger partial charge in [0.05, 0.1) is 30.7 Å². The summed E-state index contributed by atoms with van der Waals surface area (Å²) < 4.78 is 5.31. The third-order valence-electron chi connectivity index (χ3n) is 3.93. The molecule has 1 fully saturated rings. The van der Waals surface area contributed by atoms with Gasteiger partial charge >= 0.3 is 0 Å². The molecule has 1 amide bonds. The smallest absolute Gasteiger partial charge is 0.252 e. The predicted octanol–water partition coefficient (Wildman–Crippen LogP) is 2.54. The maximum absolute atomic E-state index is 12.3. The van der Waals surface area contributed by atoms with Crippen LogP contribution in [0.4, 0.5) is 11.4 Å². The van der Waals surface area contributed by atoms with E-state index in [9.17, 15) is 4.79 Å². The second-order valence-electron chi connectivity index (χ2n) is 5.81. The van der Waals surface area contributed by atoms with Crippen molar-refractivity contribution in [3.05, 3.63) is 53.3 Å². The van der Waals surface area contributed by atoms with Crippen molar-refractivity contribution < 1.29 is 9.53 Å². The van der Waals surface area contributed by atoms with E-state index < -0.39 is 0 Å². The summed E-state index contributed by atoms with van der Waals surface area (Å²) in [5.41, 5.74) is 2.11. The number of morpholine rings is 1. The average molecular weight is 361 g/mol. The molecule has 0 bridgehead atoms. The molecule has 25 heavy (non-hydrogen) atoms. The van der Waals surface area contributed by atoms with Gasteiger partial charge in [-0.2, -0.15) is 0 Å². The second kappa shape index (κ2) is 8.80. The van der Waals surface area contributed by atoms with Gasteiger partial charge in [0.1, 0.15) is 0 Å². The lowest BCUT2D eigenvalue weighted by atomic mass is 10.2. The van der Waals surface area contributed by atoms with Crippen LogP contribution in [0, 0.1) is 0 Å². The maximum atomic E-state index is 12.3. The Bertz CT molecular complexity index is 720. The molecule has 1 aromatic heterocycles. The molecular weight excluding hydrogens is 340 g/mol. The van der Waals surface area contributed by atoms with Crippen molar-refractivity contribution in [2.24, 2.45) is 0 Å². The standard InChI is InChI=1S/C18H21ClN4O2/c19-15-2-1-3-16(11-15)22-17-10-14(12-20-13-17)18(24)21-4-5-23-6-8-25-9-7-23/h1-3,10-13,22H,4-9H2,(H,21,24). The van der Waals surface area contributed by atoms with Gasteiger partial charge in [-0.05, 0) is 24.3 Å². The van der Waals surface area contributed by atoms with Crippen LogP contribution in [0.15, 0.2) is 42.7 Å². The zero-order chi connectivity index (χ0) is 17.5. The van der Waals surface area contributed by atoms with Gasteiger partial charge in [-0.25, -0.2) is 0 Å². The highest BCUT2D eigenvalue weighted by Crippen LogP contribution is 2.20. The molecule has 0 aliphatic carbocycles. The Morgan fingerprint density at radius 2 is 2.04 bits per heavy atom. The van der Waals surface area contributed by atoms with Gasteiger partial charge in [-0.15, -0.1) is 0 Å². The van der Waals surface area contributed by atoms with Crippen LogP contribution in [-0.2, 0) is 4.74 Å². The number of nitrogens with zero attached hydrogens (tertiary/aromatic N) is 2. The summed E-state index contributed by atoms with van der Waals surface area (Å²) in [7, 11) is 0. The van der Waals surface area contributed by atoms with Crippen LogP contribution in [0.2, 0.25) is 5.02 Å². The van der Waals surface area contributed by atoms with E-state index in [2.05, 4.69) is 20.5 Å². The first-order valence-corrected chi connectivity index (χ1v) is 8.64. The molecule has 2 aromatic rings. The van der Waals surface area contributed by atoms with Crippen LogP contribution in [0.25, 0.3) is 0 Å². The zero-order valence-corrected chi connectivity index (χ0v) is 14.6. The number of hydrogen-bond acceptors (Lipinski definition) is 5. The quantitative estimate of drug-likeness (QED) is 0.828. The Kier molecular flexibility index (Phi) is 6.22. The molecule has 0 atom stereocenters. The Hall–Kier alpha value is -2.15. The van der Waals surface area contributed by atoms with Gasteiger partial charge in [0, 0.05) is 43.1 Å². The molecule has 2 N–H and O–H groups in total. The Labute approximate surface area is 152 Å². The summed E-state index contributed by atoms with van der Waals surface area (Å²) in [6.07, 6.45) is 3.23. The predicted molar refractivity (Wildman–Crippen MR) is 98.6 cm³/mol. The van der Waals surface area contributed by atoms with Gasteiger partial charge in [0.15, 0.2) is 0 Å². The molecule has 1 aliphatic rings. The SMILES string of the molecule is O=C(NCCN1CCOCC1)c1cncc(Nc2cccc(Cl)c2)c1. The number of pyridine rings is 1. The first-order valence-electron chi connectivity index (χ1n) is 8.27. The molecule has 132 valence electrons. The number of carbonyl (C=O) groups is 1. The highest BCUT2D eigenvalue weighted by atomic mass is 35.5. The minimum atomic E-state index is -0.129. The highest BCUT2D eigenvalue weighted by molar-refractivity contribution is 6.30.